The number of rotatable bonds is 11. The van der Waals surface area contributed by atoms with Crippen LogP contribution in [0.5, 0.6) is 0 Å². The van der Waals surface area contributed by atoms with Gasteiger partial charge >= 0.3 is 0 Å². The van der Waals surface area contributed by atoms with Gasteiger partial charge < -0.3 is 25.6 Å². The molecular weight excluding hydrogens is 556 g/mol. The van der Waals surface area contributed by atoms with Crippen molar-refractivity contribution in [1.82, 2.24) is 20.9 Å². The molecule has 0 aromatic heterocycles. The maximum absolute atomic E-state index is 14.1. The molecule has 0 bridgehead atoms. The molecule has 0 radical (unpaired) electrons. The lowest BCUT2D eigenvalue weighted by Crippen LogP contribution is -2.63. The Labute approximate surface area is 260 Å². The number of unbranched alkanes of at least 4 members (excludes halogenated alkanes) is 2. The number of nitrogens with zero attached hydrogens (tertiary/aromatic N) is 1. The van der Waals surface area contributed by atoms with Crippen LogP contribution in [0.1, 0.15) is 69.4 Å². The number of fused-ring (bicyclic) bond motifs is 1. The molecule has 9 heteroatoms. The first-order valence-corrected chi connectivity index (χ1v) is 16.3. The molecule has 3 fully saturated rings. The van der Waals surface area contributed by atoms with Crippen molar-refractivity contribution < 1.29 is 23.9 Å². The quantitative estimate of drug-likeness (QED) is 0.269. The summed E-state index contributed by atoms with van der Waals surface area (Å²) < 4.78 is 5.40. The maximum atomic E-state index is 14.1. The summed E-state index contributed by atoms with van der Waals surface area (Å²) in [5, 5.41) is 8.93. The van der Waals surface area contributed by atoms with Gasteiger partial charge in [-0.05, 0) is 49.1 Å². The zero-order valence-electron chi connectivity index (χ0n) is 25.7. The van der Waals surface area contributed by atoms with E-state index >= 15 is 0 Å². The van der Waals surface area contributed by atoms with Crippen LogP contribution < -0.4 is 16.0 Å². The summed E-state index contributed by atoms with van der Waals surface area (Å²) in [6.45, 7) is 3.49. The predicted octanol–water partition coefficient (Wildman–Crippen LogP) is 3.31. The first-order chi connectivity index (χ1) is 21.4. The number of hydrogen-bond acceptors (Lipinski definition) is 5. The smallest absolute Gasteiger partial charge is 0.246 e. The first-order valence-electron chi connectivity index (χ1n) is 16.3. The van der Waals surface area contributed by atoms with E-state index in [2.05, 4.69) is 22.9 Å². The predicted molar refractivity (Wildman–Crippen MR) is 167 cm³/mol. The van der Waals surface area contributed by atoms with Crippen LogP contribution in [0.3, 0.4) is 0 Å². The van der Waals surface area contributed by atoms with Crippen LogP contribution in [-0.4, -0.2) is 72.0 Å². The zero-order chi connectivity index (χ0) is 30.9. The van der Waals surface area contributed by atoms with E-state index in [1.165, 1.54) is 0 Å². The number of benzene rings is 2. The normalized spacial score (nSPS) is 26.8. The highest BCUT2D eigenvalue weighted by Crippen LogP contribution is 2.25. The molecule has 5 rings (SSSR count). The Kier molecular flexibility index (Phi) is 11.0. The zero-order valence-corrected chi connectivity index (χ0v) is 25.7. The molecule has 3 aliphatic rings. The van der Waals surface area contributed by atoms with E-state index in [4.69, 9.17) is 4.74 Å². The van der Waals surface area contributed by atoms with Crippen LogP contribution in [0.25, 0.3) is 0 Å². The van der Waals surface area contributed by atoms with E-state index in [0.29, 0.717) is 31.4 Å². The van der Waals surface area contributed by atoms with E-state index in [1.807, 2.05) is 60.7 Å². The average Bonchev–Trinajstić information content (AvgIpc) is 3.89. The van der Waals surface area contributed by atoms with E-state index in [0.717, 1.165) is 56.3 Å². The number of carbonyl (C=O) groups is 4. The molecular formula is C35H46N4O5. The number of piperidine rings is 1. The van der Waals surface area contributed by atoms with E-state index in [9.17, 15) is 19.2 Å². The highest BCUT2D eigenvalue weighted by Gasteiger charge is 2.39. The molecule has 3 aliphatic heterocycles. The van der Waals surface area contributed by atoms with Crippen molar-refractivity contribution >= 4 is 23.6 Å². The summed E-state index contributed by atoms with van der Waals surface area (Å²) in [4.78, 5) is 57.1. The second-order valence-corrected chi connectivity index (χ2v) is 12.6. The van der Waals surface area contributed by atoms with Crippen molar-refractivity contribution in [2.75, 3.05) is 13.2 Å². The summed E-state index contributed by atoms with van der Waals surface area (Å²) >= 11 is 0. The monoisotopic (exact) mass is 602 g/mol. The minimum absolute atomic E-state index is 0.263. The van der Waals surface area contributed by atoms with Gasteiger partial charge in [0.15, 0.2) is 0 Å². The molecule has 0 spiro atoms. The average molecular weight is 603 g/mol. The Morgan fingerprint density at radius 3 is 2.00 bits per heavy atom. The minimum Gasteiger partial charge on any atom is -0.373 e. The molecule has 3 unspecified atom stereocenters. The molecule has 3 N–H and O–H groups in total. The fourth-order valence-corrected chi connectivity index (χ4v) is 6.42. The van der Waals surface area contributed by atoms with Crippen molar-refractivity contribution in [3.63, 3.8) is 0 Å². The molecule has 236 valence electrons. The lowest BCUT2D eigenvalue weighted by atomic mass is 9.96. The van der Waals surface area contributed by atoms with Crippen LogP contribution in [0.2, 0.25) is 0 Å². The van der Waals surface area contributed by atoms with Crippen molar-refractivity contribution in [3.05, 3.63) is 71.8 Å². The van der Waals surface area contributed by atoms with Gasteiger partial charge in [0.2, 0.25) is 23.6 Å². The molecule has 3 heterocycles. The van der Waals surface area contributed by atoms with Gasteiger partial charge in [0, 0.05) is 19.4 Å². The summed E-state index contributed by atoms with van der Waals surface area (Å²) in [5.74, 6) is -0.826. The third kappa shape index (κ3) is 8.68. The second-order valence-electron chi connectivity index (χ2n) is 12.6. The third-order valence-electron chi connectivity index (χ3n) is 9.18. The Morgan fingerprint density at radius 2 is 1.34 bits per heavy atom. The standard InChI is InChI=1S/C35H46N4O5/c1-24(31-23-44-31)13-5-2-10-18-27-32(40)37-28(21-25-14-6-3-7-15-25)33(41)38-29(22-26-16-8-4-9-17-26)35(43)39-20-12-11-19-30(39)34(42)36-27/h3-4,6-9,14-17,24,27-31H,2,5,10-13,18-23H2,1H3,(H,36,42)(H,37,40)(H,38,41)/t24?,27?,28-,29-,30+,31?/m0/s1. The first kappa shape index (κ1) is 31.7. The van der Waals surface area contributed by atoms with Gasteiger partial charge in [0.25, 0.3) is 0 Å². The lowest BCUT2D eigenvalue weighted by molar-refractivity contribution is -0.146. The third-order valence-corrected chi connectivity index (χ3v) is 9.18. The summed E-state index contributed by atoms with van der Waals surface area (Å²) in [7, 11) is 0. The fraction of sp³-hybridized carbons (Fsp3) is 0.543. The van der Waals surface area contributed by atoms with Crippen molar-refractivity contribution in [2.24, 2.45) is 5.92 Å². The Morgan fingerprint density at radius 1 is 0.750 bits per heavy atom. The van der Waals surface area contributed by atoms with Crippen LogP contribution in [0.4, 0.5) is 0 Å². The summed E-state index contributed by atoms with van der Waals surface area (Å²) in [6, 6.07) is 15.8. The topological polar surface area (TPSA) is 120 Å². The van der Waals surface area contributed by atoms with Gasteiger partial charge in [0.05, 0.1) is 12.7 Å². The van der Waals surface area contributed by atoms with Gasteiger partial charge in [-0.3, -0.25) is 19.2 Å². The minimum atomic E-state index is -0.911. The number of carbonyl (C=O) groups excluding carboxylic acids is 4. The van der Waals surface area contributed by atoms with Gasteiger partial charge in [-0.25, -0.2) is 0 Å². The van der Waals surface area contributed by atoms with Crippen LogP contribution in [0.15, 0.2) is 60.7 Å². The van der Waals surface area contributed by atoms with Crippen LogP contribution in [-0.2, 0) is 36.8 Å². The molecule has 44 heavy (non-hydrogen) atoms. The van der Waals surface area contributed by atoms with Crippen molar-refractivity contribution in [2.45, 2.75) is 101 Å². The maximum Gasteiger partial charge on any atom is 0.246 e. The number of ether oxygens (including phenoxy) is 1. The SMILES string of the molecule is CC(CCCCCC1NC(=O)[C@H]2CCCCN2C(=O)[C@H](Cc2ccccc2)NC(=O)[C@H](Cc2ccccc2)NC1=O)C1CO1. The van der Waals surface area contributed by atoms with Crippen LogP contribution in [0, 0.1) is 5.92 Å². The highest BCUT2D eigenvalue weighted by atomic mass is 16.6. The molecule has 0 aliphatic carbocycles. The summed E-state index contributed by atoms with van der Waals surface area (Å²) in [5.41, 5.74) is 1.79. The molecule has 3 saturated heterocycles. The largest absolute Gasteiger partial charge is 0.373 e. The molecule has 4 amide bonds. The Bertz CT molecular complexity index is 1270. The fourth-order valence-electron chi connectivity index (χ4n) is 6.42. The Hall–Kier alpha value is -3.72. The second kappa shape index (κ2) is 15.3. The Balaban J connectivity index is 1.37. The lowest BCUT2D eigenvalue weighted by Gasteiger charge is -2.38. The highest BCUT2D eigenvalue weighted by molar-refractivity contribution is 5.97. The number of hydrogen-bond donors (Lipinski definition) is 3. The van der Waals surface area contributed by atoms with Crippen LogP contribution >= 0.6 is 0 Å². The molecule has 2 aromatic carbocycles. The molecule has 9 nitrogen and oxygen atoms in total. The summed E-state index contributed by atoms with van der Waals surface area (Å²) in [6.07, 6.45) is 7.30. The number of amides is 4. The van der Waals surface area contributed by atoms with E-state index in [-0.39, 0.29) is 30.6 Å². The van der Waals surface area contributed by atoms with Crippen molar-refractivity contribution in [3.8, 4) is 0 Å². The van der Waals surface area contributed by atoms with Crippen molar-refractivity contribution in [1.29, 1.82) is 0 Å². The van der Waals surface area contributed by atoms with E-state index < -0.39 is 30.1 Å². The van der Waals surface area contributed by atoms with E-state index in [1.54, 1.807) is 4.90 Å². The molecule has 0 saturated carbocycles. The number of nitrogens with one attached hydrogen (secondary N) is 3. The number of epoxide rings is 1. The molecule has 2 aromatic rings. The van der Waals surface area contributed by atoms with Gasteiger partial charge in [-0.1, -0.05) is 86.8 Å². The molecule has 6 atom stereocenters. The van der Waals surface area contributed by atoms with Gasteiger partial charge in [-0.15, -0.1) is 0 Å². The van der Waals surface area contributed by atoms with Gasteiger partial charge in [0.1, 0.15) is 24.2 Å². The van der Waals surface area contributed by atoms with Gasteiger partial charge in [-0.2, -0.15) is 0 Å².